The second-order valence-electron chi connectivity index (χ2n) is 6.59. The molecule has 0 spiro atoms. The third kappa shape index (κ3) is 5.03. The Kier molecular flexibility index (Phi) is 5.66. The predicted octanol–water partition coefficient (Wildman–Crippen LogP) is 3.30. The highest BCUT2D eigenvalue weighted by Gasteiger charge is 2.26. The molecule has 132 valence electrons. The molecule has 1 saturated heterocycles. The van der Waals surface area contributed by atoms with Gasteiger partial charge in [-0.15, -0.1) is 0 Å². The summed E-state index contributed by atoms with van der Waals surface area (Å²) in [7, 11) is 0. The monoisotopic (exact) mass is 340 g/mol. The minimum atomic E-state index is -0.324. The first-order valence-corrected chi connectivity index (χ1v) is 8.70. The van der Waals surface area contributed by atoms with Crippen LogP contribution in [0.1, 0.15) is 36.2 Å². The summed E-state index contributed by atoms with van der Waals surface area (Å²) in [6.07, 6.45) is 2.36. The van der Waals surface area contributed by atoms with Crippen molar-refractivity contribution in [1.82, 2.24) is 9.88 Å². The first kappa shape index (κ1) is 17.4. The lowest BCUT2D eigenvalue weighted by Crippen LogP contribution is -2.24. The van der Waals surface area contributed by atoms with E-state index in [1.165, 1.54) is 11.8 Å². The average molecular weight is 340 g/mol. The van der Waals surface area contributed by atoms with Crippen LogP contribution in [0.5, 0.6) is 5.88 Å². The van der Waals surface area contributed by atoms with Gasteiger partial charge in [0, 0.05) is 31.9 Å². The van der Waals surface area contributed by atoms with E-state index in [9.17, 15) is 4.79 Å². The summed E-state index contributed by atoms with van der Waals surface area (Å²) in [5.41, 5.74) is 1.73. The molecule has 2 aromatic rings. The van der Waals surface area contributed by atoms with Gasteiger partial charge in [0.1, 0.15) is 6.10 Å². The molecule has 0 N–H and O–H groups in total. The van der Waals surface area contributed by atoms with Gasteiger partial charge in [-0.25, -0.2) is 9.78 Å². The Bertz CT molecular complexity index is 686. The largest absolute Gasteiger partial charge is 0.475 e. The molecule has 0 amide bonds. The molecule has 25 heavy (non-hydrogen) atoms. The van der Waals surface area contributed by atoms with Crippen LogP contribution >= 0.6 is 0 Å². The molecule has 1 aliphatic heterocycles. The normalized spacial score (nSPS) is 17.6. The molecule has 1 aromatic heterocycles. The van der Waals surface area contributed by atoms with Crippen LogP contribution in [0.15, 0.2) is 48.7 Å². The second-order valence-corrected chi connectivity index (χ2v) is 6.59. The molecule has 1 aliphatic rings. The fourth-order valence-electron chi connectivity index (χ4n) is 2.91. The maximum atomic E-state index is 12.3. The summed E-state index contributed by atoms with van der Waals surface area (Å²) in [6.45, 7) is 6.46. The average Bonchev–Trinajstić information content (AvgIpc) is 3.02. The van der Waals surface area contributed by atoms with E-state index in [-0.39, 0.29) is 18.2 Å². The van der Waals surface area contributed by atoms with Gasteiger partial charge in [-0.2, -0.15) is 0 Å². The Morgan fingerprint density at radius 2 is 2.04 bits per heavy atom. The zero-order valence-corrected chi connectivity index (χ0v) is 14.7. The number of aromatic nitrogens is 1. The van der Waals surface area contributed by atoms with Gasteiger partial charge in [-0.05, 0) is 31.9 Å². The molecule has 2 heterocycles. The van der Waals surface area contributed by atoms with E-state index in [2.05, 4.69) is 22.0 Å². The molecule has 1 aromatic carbocycles. The van der Waals surface area contributed by atoms with Crippen molar-refractivity contribution in [3.05, 3.63) is 59.8 Å². The van der Waals surface area contributed by atoms with Crippen molar-refractivity contribution >= 4 is 5.97 Å². The zero-order valence-electron chi connectivity index (χ0n) is 14.7. The highest BCUT2D eigenvalue weighted by atomic mass is 16.5. The molecule has 0 radical (unpaired) electrons. The van der Waals surface area contributed by atoms with Crippen LogP contribution in [0.2, 0.25) is 0 Å². The van der Waals surface area contributed by atoms with Gasteiger partial charge in [0.05, 0.1) is 11.7 Å². The standard InChI is InChI=1S/C20H24N2O3/c1-15(2)24-19-9-8-17(12-21-19)20(23)25-18-10-11-22(14-18)13-16-6-4-3-5-7-16/h3-9,12,15,18H,10-11,13-14H2,1-2H3/t18-/m1/s1. The van der Waals surface area contributed by atoms with E-state index >= 15 is 0 Å². The number of carbonyl (C=O) groups excluding carboxylic acids is 1. The molecule has 5 nitrogen and oxygen atoms in total. The number of pyridine rings is 1. The third-order valence-electron chi connectivity index (χ3n) is 4.08. The number of esters is 1. The maximum Gasteiger partial charge on any atom is 0.340 e. The first-order chi connectivity index (χ1) is 12.1. The molecule has 1 fully saturated rings. The molecule has 3 rings (SSSR count). The van der Waals surface area contributed by atoms with Crippen LogP contribution in [0.4, 0.5) is 0 Å². The Morgan fingerprint density at radius 1 is 1.24 bits per heavy atom. The van der Waals surface area contributed by atoms with Crippen LogP contribution in [-0.4, -0.2) is 41.2 Å². The molecule has 0 saturated carbocycles. The summed E-state index contributed by atoms with van der Waals surface area (Å²) in [5.74, 6) is 0.191. The molecule has 0 aliphatic carbocycles. The number of likely N-dealkylation sites (tertiary alicyclic amines) is 1. The van der Waals surface area contributed by atoms with Crippen LogP contribution < -0.4 is 4.74 Å². The fraction of sp³-hybridized carbons (Fsp3) is 0.400. The second kappa shape index (κ2) is 8.12. The highest BCUT2D eigenvalue weighted by molar-refractivity contribution is 5.89. The van der Waals surface area contributed by atoms with Gasteiger partial charge in [-0.3, -0.25) is 4.90 Å². The van der Waals surface area contributed by atoms with Crippen molar-refractivity contribution in [3.8, 4) is 5.88 Å². The lowest BCUT2D eigenvalue weighted by atomic mass is 10.2. The summed E-state index contributed by atoms with van der Waals surface area (Å²) >= 11 is 0. The van der Waals surface area contributed by atoms with Crippen molar-refractivity contribution in [2.45, 2.75) is 39.0 Å². The molecule has 1 atom stereocenters. The third-order valence-corrected chi connectivity index (χ3v) is 4.08. The Morgan fingerprint density at radius 3 is 2.72 bits per heavy atom. The Labute approximate surface area is 148 Å². The zero-order chi connectivity index (χ0) is 17.6. The number of carbonyl (C=O) groups is 1. The number of ether oxygens (including phenoxy) is 2. The summed E-state index contributed by atoms with van der Waals surface area (Å²) in [6, 6.07) is 13.7. The number of hydrogen-bond donors (Lipinski definition) is 0. The van der Waals surface area contributed by atoms with Crippen molar-refractivity contribution < 1.29 is 14.3 Å². The van der Waals surface area contributed by atoms with E-state index in [0.29, 0.717) is 11.4 Å². The van der Waals surface area contributed by atoms with Gasteiger partial charge >= 0.3 is 5.97 Å². The molecule has 5 heteroatoms. The predicted molar refractivity (Wildman–Crippen MR) is 95.5 cm³/mol. The molecular formula is C20H24N2O3. The SMILES string of the molecule is CC(C)Oc1ccc(C(=O)O[C@@H]2CCN(Cc3ccccc3)C2)cn1. The van der Waals surface area contributed by atoms with Gasteiger partial charge in [0.25, 0.3) is 0 Å². The highest BCUT2D eigenvalue weighted by Crippen LogP contribution is 2.18. The minimum absolute atomic E-state index is 0.0550. The van der Waals surface area contributed by atoms with E-state index in [1.807, 2.05) is 32.0 Å². The van der Waals surface area contributed by atoms with Crippen LogP contribution in [0, 0.1) is 0 Å². The smallest absolute Gasteiger partial charge is 0.340 e. The topological polar surface area (TPSA) is 51.7 Å². The summed E-state index contributed by atoms with van der Waals surface area (Å²) in [5, 5.41) is 0. The van der Waals surface area contributed by atoms with Gasteiger partial charge in [0.15, 0.2) is 0 Å². The van der Waals surface area contributed by atoms with Crippen molar-refractivity contribution in [1.29, 1.82) is 0 Å². The molecular weight excluding hydrogens is 316 g/mol. The van der Waals surface area contributed by atoms with E-state index < -0.39 is 0 Å². The molecule has 0 bridgehead atoms. The number of nitrogens with zero attached hydrogens (tertiary/aromatic N) is 2. The molecule has 0 unspecified atom stereocenters. The number of benzene rings is 1. The van der Waals surface area contributed by atoms with Crippen LogP contribution in [0.25, 0.3) is 0 Å². The van der Waals surface area contributed by atoms with Crippen LogP contribution in [0.3, 0.4) is 0 Å². The number of rotatable bonds is 6. The van der Waals surface area contributed by atoms with Crippen molar-refractivity contribution in [3.63, 3.8) is 0 Å². The lowest BCUT2D eigenvalue weighted by molar-refractivity contribution is 0.0320. The van der Waals surface area contributed by atoms with Gasteiger partial charge < -0.3 is 9.47 Å². The maximum absolute atomic E-state index is 12.3. The number of hydrogen-bond acceptors (Lipinski definition) is 5. The Hall–Kier alpha value is -2.40. The van der Waals surface area contributed by atoms with Crippen molar-refractivity contribution in [2.24, 2.45) is 0 Å². The van der Waals surface area contributed by atoms with Gasteiger partial charge in [0.2, 0.25) is 5.88 Å². The van der Waals surface area contributed by atoms with E-state index in [0.717, 1.165) is 26.1 Å². The van der Waals surface area contributed by atoms with E-state index in [4.69, 9.17) is 9.47 Å². The van der Waals surface area contributed by atoms with E-state index in [1.54, 1.807) is 12.1 Å². The summed E-state index contributed by atoms with van der Waals surface area (Å²) in [4.78, 5) is 18.7. The van der Waals surface area contributed by atoms with Crippen molar-refractivity contribution in [2.75, 3.05) is 13.1 Å². The minimum Gasteiger partial charge on any atom is -0.475 e. The quantitative estimate of drug-likeness (QED) is 0.755. The lowest BCUT2D eigenvalue weighted by Gasteiger charge is -2.16. The van der Waals surface area contributed by atoms with Crippen LogP contribution in [-0.2, 0) is 11.3 Å². The first-order valence-electron chi connectivity index (χ1n) is 8.70. The fourth-order valence-corrected chi connectivity index (χ4v) is 2.91. The summed E-state index contributed by atoms with van der Waals surface area (Å²) < 4.78 is 11.1. The Balaban J connectivity index is 1.50. The van der Waals surface area contributed by atoms with Gasteiger partial charge in [-0.1, -0.05) is 30.3 Å².